The average Bonchev–Trinajstić information content (AvgIpc) is 3.42. The number of thiazole rings is 1. The van der Waals surface area contributed by atoms with E-state index in [2.05, 4.69) is 40.1 Å². The molecule has 0 unspecified atom stereocenters. The van der Waals surface area contributed by atoms with E-state index < -0.39 is 0 Å². The maximum absolute atomic E-state index is 4.90. The second kappa shape index (κ2) is 10.1. The minimum Gasteiger partial charge on any atom is -0.300 e. The lowest BCUT2D eigenvalue weighted by molar-refractivity contribution is 0.106. The molecular weight excluding hydrogens is 376 g/mol. The molecule has 2 aromatic heterocycles. The summed E-state index contributed by atoms with van der Waals surface area (Å²) in [6.07, 6.45) is 12.3. The fourth-order valence-electron chi connectivity index (χ4n) is 4.92. The zero-order valence-electron chi connectivity index (χ0n) is 18.1. The standard InChI is InChI=1S/C24H36N4S/c1-19(2)23-18-29-24(26-23)17-27(16-21-6-5-11-25-14-21)15-20-9-12-28(13-10-20)22-7-3-4-8-22/h5-6,11,14,18-20,22H,3-4,7-10,12-13,15-17H2,1-2H3. The van der Waals surface area contributed by atoms with Crippen LogP contribution >= 0.6 is 11.3 Å². The molecule has 2 aliphatic rings. The second-order valence-corrected chi connectivity index (χ2v) is 10.2. The lowest BCUT2D eigenvalue weighted by Crippen LogP contribution is -2.42. The Labute approximate surface area is 180 Å². The summed E-state index contributed by atoms with van der Waals surface area (Å²) in [5, 5.41) is 3.49. The fourth-order valence-corrected chi connectivity index (χ4v) is 5.92. The van der Waals surface area contributed by atoms with Gasteiger partial charge in [0.1, 0.15) is 5.01 Å². The first-order valence-corrected chi connectivity index (χ1v) is 12.3. The molecule has 0 amide bonds. The van der Waals surface area contributed by atoms with Gasteiger partial charge in [0.05, 0.1) is 12.2 Å². The van der Waals surface area contributed by atoms with E-state index in [1.807, 2.05) is 29.8 Å². The second-order valence-electron chi connectivity index (χ2n) is 9.27. The van der Waals surface area contributed by atoms with Crippen molar-refractivity contribution >= 4 is 11.3 Å². The number of aromatic nitrogens is 2. The van der Waals surface area contributed by atoms with E-state index >= 15 is 0 Å². The van der Waals surface area contributed by atoms with Gasteiger partial charge in [0.15, 0.2) is 0 Å². The van der Waals surface area contributed by atoms with Gasteiger partial charge in [-0.15, -0.1) is 11.3 Å². The summed E-state index contributed by atoms with van der Waals surface area (Å²) in [4.78, 5) is 14.6. The number of likely N-dealkylation sites (tertiary alicyclic amines) is 1. The van der Waals surface area contributed by atoms with E-state index in [0.29, 0.717) is 5.92 Å². The number of hydrogen-bond acceptors (Lipinski definition) is 5. The summed E-state index contributed by atoms with van der Waals surface area (Å²) in [5.41, 5.74) is 2.53. The molecule has 1 aliphatic carbocycles. The fraction of sp³-hybridized carbons (Fsp3) is 0.667. The Balaban J connectivity index is 1.37. The number of piperidine rings is 1. The maximum atomic E-state index is 4.90. The van der Waals surface area contributed by atoms with Crippen molar-refractivity contribution in [1.82, 2.24) is 19.8 Å². The summed E-state index contributed by atoms with van der Waals surface area (Å²) >= 11 is 1.82. The molecule has 0 atom stereocenters. The lowest BCUT2D eigenvalue weighted by Gasteiger charge is -2.37. The topological polar surface area (TPSA) is 32.3 Å². The van der Waals surface area contributed by atoms with E-state index in [0.717, 1.165) is 25.0 Å². The van der Waals surface area contributed by atoms with Crippen LogP contribution in [0, 0.1) is 5.92 Å². The van der Waals surface area contributed by atoms with E-state index in [1.54, 1.807) is 0 Å². The molecule has 2 aromatic rings. The predicted octanol–water partition coefficient (Wildman–Crippen LogP) is 5.32. The Morgan fingerprint density at radius 2 is 1.93 bits per heavy atom. The monoisotopic (exact) mass is 412 g/mol. The molecule has 0 bridgehead atoms. The van der Waals surface area contributed by atoms with Crippen LogP contribution in [0.3, 0.4) is 0 Å². The largest absolute Gasteiger partial charge is 0.300 e. The van der Waals surface area contributed by atoms with Crippen molar-refractivity contribution in [2.75, 3.05) is 19.6 Å². The lowest BCUT2D eigenvalue weighted by atomic mass is 9.94. The molecule has 3 heterocycles. The van der Waals surface area contributed by atoms with Gasteiger partial charge < -0.3 is 4.90 Å². The van der Waals surface area contributed by atoms with Gasteiger partial charge in [-0.3, -0.25) is 9.88 Å². The number of hydrogen-bond donors (Lipinski definition) is 0. The maximum Gasteiger partial charge on any atom is 0.107 e. The van der Waals surface area contributed by atoms with Crippen molar-refractivity contribution in [2.24, 2.45) is 5.92 Å². The minimum atomic E-state index is 0.506. The zero-order chi connectivity index (χ0) is 20.1. The molecule has 2 fully saturated rings. The molecule has 0 radical (unpaired) electrons. The van der Waals surface area contributed by atoms with Gasteiger partial charge in [0.2, 0.25) is 0 Å². The van der Waals surface area contributed by atoms with E-state index in [-0.39, 0.29) is 0 Å². The third-order valence-corrected chi connectivity index (χ3v) is 7.51. The molecule has 0 aromatic carbocycles. The summed E-state index contributed by atoms with van der Waals surface area (Å²) in [6, 6.07) is 5.13. The van der Waals surface area contributed by atoms with Crippen LogP contribution in [-0.2, 0) is 13.1 Å². The molecular formula is C24H36N4S. The van der Waals surface area contributed by atoms with Gasteiger partial charge >= 0.3 is 0 Å². The highest BCUT2D eigenvalue weighted by molar-refractivity contribution is 7.09. The van der Waals surface area contributed by atoms with Crippen LogP contribution in [0.5, 0.6) is 0 Å². The normalized spacial score (nSPS) is 19.6. The zero-order valence-corrected chi connectivity index (χ0v) is 18.9. The minimum absolute atomic E-state index is 0.506. The Kier molecular flexibility index (Phi) is 7.33. The summed E-state index contributed by atoms with van der Waals surface area (Å²) in [5.74, 6) is 1.31. The Morgan fingerprint density at radius 1 is 1.14 bits per heavy atom. The summed E-state index contributed by atoms with van der Waals surface area (Å²) in [7, 11) is 0. The van der Waals surface area contributed by atoms with Crippen molar-refractivity contribution in [3.8, 4) is 0 Å². The molecule has 29 heavy (non-hydrogen) atoms. The highest BCUT2D eigenvalue weighted by Crippen LogP contribution is 2.29. The highest BCUT2D eigenvalue weighted by atomic mass is 32.1. The van der Waals surface area contributed by atoms with Crippen molar-refractivity contribution in [2.45, 2.75) is 77.4 Å². The van der Waals surface area contributed by atoms with E-state index in [9.17, 15) is 0 Å². The van der Waals surface area contributed by atoms with E-state index in [4.69, 9.17) is 4.98 Å². The molecule has 1 saturated carbocycles. The molecule has 1 saturated heterocycles. The molecule has 1 aliphatic heterocycles. The van der Waals surface area contributed by atoms with E-state index in [1.165, 1.54) is 74.4 Å². The molecule has 0 spiro atoms. The van der Waals surface area contributed by atoms with Gasteiger partial charge in [-0.2, -0.15) is 0 Å². The van der Waals surface area contributed by atoms with Gasteiger partial charge in [0.25, 0.3) is 0 Å². The van der Waals surface area contributed by atoms with Crippen LogP contribution in [-0.4, -0.2) is 45.4 Å². The summed E-state index contributed by atoms with van der Waals surface area (Å²) in [6.45, 7) is 10.1. The van der Waals surface area contributed by atoms with Crippen molar-refractivity contribution < 1.29 is 0 Å². The van der Waals surface area contributed by atoms with Gasteiger partial charge in [-0.05, 0) is 62.2 Å². The average molecular weight is 413 g/mol. The Bertz CT molecular complexity index is 730. The van der Waals surface area contributed by atoms with Crippen LogP contribution in [0.2, 0.25) is 0 Å². The molecule has 4 nitrogen and oxygen atoms in total. The van der Waals surface area contributed by atoms with Crippen LogP contribution in [0.25, 0.3) is 0 Å². The first-order chi connectivity index (χ1) is 14.2. The Hall–Kier alpha value is -1.30. The van der Waals surface area contributed by atoms with Crippen molar-refractivity contribution in [1.29, 1.82) is 0 Å². The number of nitrogens with zero attached hydrogens (tertiary/aromatic N) is 4. The molecule has 4 rings (SSSR count). The SMILES string of the molecule is CC(C)c1csc(CN(Cc2cccnc2)CC2CCN(C3CCCC3)CC2)n1. The van der Waals surface area contributed by atoms with Gasteiger partial charge in [-0.25, -0.2) is 4.98 Å². The van der Waals surface area contributed by atoms with Gasteiger partial charge in [0, 0.05) is 36.9 Å². The Morgan fingerprint density at radius 3 is 2.59 bits per heavy atom. The quantitative estimate of drug-likeness (QED) is 0.587. The summed E-state index contributed by atoms with van der Waals surface area (Å²) < 4.78 is 0. The van der Waals surface area contributed by atoms with Crippen LogP contribution in [0.15, 0.2) is 29.9 Å². The predicted molar refractivity (Wildman–Crippen MR) is 121 cm³/mol. The third-order valence-electron chi connectivity index (χ3n) is 6.66. The smallest absolute Gasteiger partial charge is 0.107 e. The van der Waals surface area contributed by atoms with Crippen molar-refractivity contribution in [3.05, 3.63) is 46.2 Å². The molecule has 158 valence electrons. The number of pyridine rings is 1. The molecule has 5 heteroatoms. The van der Waals surface area contributed by atoms with Crippen molar-refractivity contribution in [3.63, 3.8) is 0 Å². The van der Waals surface area contributed by atoms with Crippen LogP contribution < -0.4 is 0 Å². The first kappa shape index (κ1) is 21.0. The highest BCUT2D eigenvalue weighted by Gasteiger charge is 2.28. The first-order valence-electron chi connectivity index (χ1n) is 11.5. The van der Waals surface area contributed by atoms with Crippen LogP contribution in [0.1, 0.15) is 74.6 Å². The van der Waals surface area contributed by atoms with Gasteiger partial charge in [-0.1, -0.05) is 32.8 Å². The van der Waals surface area contributed by atoms with Crippen LogP contribution in [0.4, 0.5) is 0 Å². The third kappa shape index (κ3) is 5.87. The molecule has 0 N–H and O–H groups in total. The number of rotatable bonds is 8.